The summed E-state index contributed by atoms with van der Waals surface area (Å²) >= 11 is 0. The molecule has 0 unspecified atom stereocenters. The summed E-state index contributed by atoms with van der Waals surface area (Å²) in [5, 5.41) is 3.43. The number of anilines is 1. The summed E-state index contributed by atoms with van der Waals surface area (Å²) in [7, 11) is 0. The van der Waals surface area contributed by atoms with E-state index in [0.29, 0.717) is 6.04 Å². The van der Waals surface area contributed by atoms with E-state index in [-0.39, 0.29) is 0 Å². The zero-order valence-electron chi connectivity index (χ0n) is 8.16. The molecule has 0 aliphatic heterocycles. The maximum Gasteiger partial charge on any atom is 0.0342 e. The van der Waals surface area contributed by atoms with Crippen molar-refractivity contribution in [1.29, 1.82) is 0 Å². The lowest BCUT2D eigenvalue weighted by Crippen LogP contribution is -2.14. The van der Waals surface area contributed by atoms with Crippen molar-refractivity contribution in [2.45, 2.75) is 25.8 Å². The van der Waals surface area contributed by atoms with Crippen LogP contribution in [0, 0.1) is 0 Å². The second-order valence-corrected chi connectivity index (χ2v) is 3.28. The predicted octanol–water partition coefficient (Wildman–Crippen LogP) is 3.45. The Bertz CT molecular complexity index is 241. The van der Waals surface area contributed by atoms with Gasteiger partial charge in [0.15, 0.2) is 0 Å². The summed E-state index contributed by atoms with van der Waals surface area (Å²) in [5.41, 5.74) is 1.19. The lowest BCUT2D eigenvalue weighted by molar-refractivity contribution is 0.719. The quantitative estimate of drug-likeness (QED) is 0.676. The van der Waals surface area contributed by atoms with Crippen molar-refractivity contribution in [2.75, 3.05) is 5.32 Å². The molecule has 1 N–H and O–H groups in total. The van der Waals surface area contributed by atoms with Crippen LogP contribution in [0.2, 0.25) is 0 Å². The molecule has 1 nitrogen and oxygen atoms in total. The van der Waals surface area contributed by atoms with Crippen molar-refractivity contribution >= 4 is 5.69 Å². The van der Waals surface area contributed by atoms with Gasteiger partial charge in [-0.2, -0.15) is 0 Å². The molecule has 0 aliphatic carbocycles. The van der Waals surface area contributed by atoms with Gasteiger partial charge in [-0.05, 0) is 31.9 Å². The highest BCUT2D eigenvalue weighted by Gasteiger charge is 1.98. The van der Waals surface area contributed by atoms with Crippen LogP contribution in [0.15, 0.2) is 43.0 Å². The van der Waals surface area contributed by atoms with Crippen molar-refractivity contribution in [2.24, 2.45) is 0 Å². The number of allylic oxidation sites excluding steroid dienone is 1. The SMILES string of the molecule is C=CCC[C@@H](C)Nc1ccccc1. The molecule has 1 aromatic carbocycles. The van der Waals surface area contributed by atoms with Crippen LogP contribution in [0.5, 0.6) is 0 Å². The van der Waals surface area contributed by atoms with Crippen molar-refractivity contribution < 1.29 is 0 Å². The Kier molecular flexibility index (Phi) is 4.10. The third-order valence-corrected chi connectivity index (χ3v) is 1.99. The maximum atomic E-state index is 3.71. The molecule has 1 rings (SSSR count). The van der Waals surface area contributed by atoms with Crippen molar-refractivity contribution in [3.05, 3.63) is 43.0 Å². The molecular weight excluding hydrogens is 158 g/mol. The average molecular weight is 175 g/mol. The molecular formula is C12H17N. The lowest BCUT2D eigenvalue weighted by Gasteiger charge is -2.13. The minimum absolute atomic E-state index is 0.514. The van der Waals surface area contributed by atoms with Crippen LogP contribution in [-0.4, -0.2) is 6.04 Å². The van der Waals surface area contributed by atoms with Crippen molar-refractivity contribution in [3.8, 4) is 0 Å². The molecule has 0 radical (unpaired) electrons. The van der Waals surface area contributed by atoms with Crippen molar-refractivity contribution in [3.63, 3.8) is 0 Å². The molecule has 70 valence electrons. The van der Waals surface area contributed by atoms with Crippen LogP contribution in [0.4, 0.5) is 5.69 Å². The topological polar surface area (TPSA) is 12.0 Å². The standard InChI is InChI=1S/C12H17N/c1-3-4-8-11(2)13-12-9-6-5-7-10-12/h3,5-7,9-11,13H,1,4,8H2,2H3/t11-/m1/s1. The van der Waals surface area contributed by atoms with Gasteiger partial charge in [-0.1, -0.05) is 24.3 Å². The monoisotopic (exact) mass is 175 g/mol. The van der Waals surface area contributed by atoms with E-state index >= 15 is 0 Å². The molecule has 0 fully saturated rings. The zero-order chi connectivity index (χ0) is 9.52. The fraction of sp³-hybridized carbons (Fsp3) is 0.333. The summed E-state index contributed by atoms with van der Waals surface area (Å²) in [4.78, 5) is 0. The van der Waals surface area contributed by atoms with Gasteiger partial charge in [0.2, 0.25) is 0 Å². The first-order valence-corrected chi connectivity index (χ1v) is 4.75. The first kappa shape index (κ1) is 9.85. The van der Waals surface area contributed by atoms with Gasteiger partial charge in [-0.3, -0.25) is 0 Å². The van der Waals surface area contributed by atoms with Gasteiger partial charge >= 0.3 is 0 Å². The number of nitrogens with one attached hydrogen (secondary N) is 1. The summed E-state index contributed by atoms with van der Waals surface area (Å²) in [5.74, 6) is 0. The highest BCUT2D eigenvalue weighted by atomic mass is 14.9. The molecule has 0 amide bonds. The fourth-order valence-electron chi connectivity index (χ4n) is 1.26. The normalized spacial score (nSPS) is 12.1. The zero-order valence-corrected chi connectivity index (χ0v) is 8.16. The highest BCUT2D eigenvalue weighted by molar-refractivity contribution is 5.43. The van der Waals surface area contributed by atoms with E-state index in [1.54, 1.807) is 0 Å². The summed E-state index contributed by atoms with van der Waals surface area (Å²) < 4.78 is 0. The van der Waals surface area contributed by atoms with Gasteiger partial charge < -0.3 is 5.32 Å². The molecule has 0 bridgehead atoms. The van der Waals surface area contributed by atoms with Crippen LogP contribution in [0.1, 0.15) is 19.8 Å². The third-order valence-electron chi connectivity index (χ3n) is 1.99. The second-order valence-electron chi connectivity index (χ2n) is 3.28. The van der Waals surface area contributed by atoms with E-state index in [1.807, 2.05) is 24.3 Å². The van der Waals surface area contributed by atoms with Crippen molar-refractivity contribution in [1.82, 2.24) is 0 Å². The summed E-state index contributed by atoms with van der Waals surface area (Å²) in [6.45, 7) is 5.90. The Morgan fingerprint density at radius 3 is 2.69 bits per heavy atom. The minimum atomic E-state index is 0.514. The van der Waals surface area contributed by atoms with Gasteiger partial charge in [0.05, 0.1) is 0 Å². The van der Waals surface area contributed by atoms with Gasteiger partial charge in [-0.15, -0.1) is 6.58 Å². The van der Waals surface area contributed by atoms with Gasteiger partial charge in [-0.25, -0.2) is 0 Å². The Morgan fingerprint density at radius 2 is 2.08 bits per heavy atom. The summed E-state index contributed by atoms with van der Waals surface area (Å²) in [6, 6.07) is 10.8. The number of para-hydroxylation sites is 1. The lowest BCUT2D eigenvalue weighted by atomic mass is 10.1. The van der Waals surface area contributed by atoms with Crippen LogP contribution < -0.4 is 5.32 Å². The Morgan fingerprint density at radius 1 is 1.38 bits per heavy atom. The van der Waals surface area contributed by atoms with Crippen LogP contribution in [0.25, 0.3) is 0 Å². The molecule has 0 aliphatic rings. The Hall–Kier alpha value is -1.24. The molecule has 0 spiro atoms. The van der Waals surface area contributed by atoms with Gasteiger partial charge in [0.25, 0.3) is 0 Å². The molecule has 0 saturated carbocycles. The number of hydrogen-bond donors (Lipinski definition) is 1. The van der Waals surface area contributed by atoms with E-state index in [9.17, 15) is 0 Å². The first-order chi connectivity index (χ1) is 6.33. The van der Waals surface area contributed by atoms with Gasteiger partial charge in [0.1, 0.15) is 0 Å². The number of benzene rings is 1. The van der Waals surface area contributed by atoms with Gasteiger partial charge in [0, 0.05) is 11.7 Å². The highest BCUT2D eigenvalue weighted by Crippen LogP contribution is 2.09. The number of rotatable bonds is 5. The molecule has 0 heterocycles. The molecule has 1 heteroatoms. The smallest absolute Gasteiger partial charge is 0.0342 e. The van der Waals surface area contributed by atoms with E-state index < -0.39 is 0 Å². The van der Waals surface area contributed by atoms with Crippen LogP contribution >= 0.6 is 0 Å². The predicted molar refractivity (Wildman–Crippen MR) is 59.0 cm³/mol. The van der Waals surface area contributed by atoms with E-state index in [2.05, 4.69) is 31.0 Å². The summed E-state index contributed by atoms with van der Waals surface area (Å²) in [6.07, 6.45) is 4.17. The van der Waals surface area contributed by atoms with Crippen LogP contribution in [0.3, 0.4) is 0 Å². The molecule has 0 aromatic heterocycles. The van der Waals surface area contributed by atoms with E-state index in [4.69, 9.17) is 0 Å². The first-order valence-electron chi connectivity index (χ1n) is 4.75. The third kappa shape index (κ3) is 3.79. The van der Waals surface area contributed by atoms with E-state index in [1.165, 1.54) is 5.69 Å². The molecule has 13 heavy (non-hydrogen) atoms. The Balaban J connectivity index is 2.36. The molecule has 1 atom stereocenters. The Labute approximate surface area is 80.5 Å². The number of hydrogen-bond acceptors (Lipinski definition) is 1. The molecule has 1 aromatic rings. The van der Waals surface area contributed by atoms with E-state index in [0.717, 1.165) is 12.8 Å². The molecule has 0 saturated heterocycles. The minimum Gasteiger partial charge on any atom is -0.383 e. The van der Waals surface area contributed by atoms with Crippen LogP contribution in [-0.2, 0) is 0 Å². The second kappa shape index (κ2) is 5.41. The maximum absolute atomic E-state index is 3.71. The fourth-order valence-corrected chi connectivity index (χ4v) is 1.26. The average Bonchev–Trinajstić information content (AvgIpc) is 2.16. The largest absolute Gasteiger partial charge is 0.383 e.